The largest absolute Gasteiger partial charge is 0.458 e. The van der Waals surface area contributed by atoms with E-state index in [1.54, 1.807) is 7.05 Å². The Balaban J connectivity index is 1.50. The Hall–Kier alpha value is -3.52. The highest BCUT2D eigenvalue weighted by molar-refractivity contribution is 5.77. The molecule has 1 fully saturated rings. The third-order valence-electron chi connectivity index (χ3n) is 5.27. The summed E-state index contributed by atoms with van der Waals surface area (Å²) in [7, 11) is 1.66. The van der Waals surface area contributed by atoms with Gasteiger partial charge in [-0.1, -0.05) is 18.2 Å². The fourth-order valence-corrected chi connectivity index (χ4v) is 3.70. The summed E-state index contributed by atoms with van der Waals surface area (Å²) in [5, 5.41) is 1.01. The first kappa shape index (κ1) is 18.5. The number of anilines is 1. The second-order valence-corrected chi connectivity index (χ2v) is 7.19. The van der Waals surface area contributed by atoms with E-state index in [0.717, 1.165) is 22.9 Å². The molecule has 0 radical (unpaired) electrons. The van der Waals surface area contributed by atoms with Crippen LogP contribution in [0.5, 0.6) is 0 Å². The summed E-state index contributed by atoms with van der Waals surface area (Å²) in [6, 6.07) is 12.6. The Morgan fingerprint density at radius 3 is 2.90 bits per heavy atom. The highest BCUT2D eigenvalue weighted by Gasteiger charge is 2.27. The first-order chi connectivity index (χ1) is 14.6. The topological polar surface area (TPSA) is 73.4 Å². The van der Waals surface area contributed by atoms with Gasteiger partial charge in [0.1, 0.15) is 17.4 Å². The number of rotatable bonds is 3. The fraction of sp³-hybridized carbons (Fsp3) is 0.227. The van der Waals surface area contributed by atoms with Crippen molar-refractivity contribution in [1.29, 1.82) is 0 Å². The molecule has 0 bridgehead atoms. The van der Waals surface area contributed by atoms with Crippen molar-refractivity contribution in [3.8, 4) is 11.3 Å². The van der Waals surface area contributed by atoms with E-state index in [9.17, 15) is 9.18 Å². The van der Waals surface area contributed by atoms with Crippen LogP contribution < -0.4 is 10.5 Å². The van der Waals surface area contributed by atoms with Crippen LogP contribution in [-0.2, 0) is 11.8 Å². The Labute approximate surface area is 171 Å². The van der Waals surface area contributed by atoms with Gasteiger partial charge in [-0.05, 0) is 18.2 Å². The number of halogens is 1. The van der Waals surface area contributed by atoms with Gasteiger partial charge < -0.3 is 14.1 Å². The minimum absolute atomic E-state index is 0.242. The monoisotopic (exact) mass is 406 g/mol. The molecule has 1 aliphatic heterocycles. The number of hydrogen-bond acceptors (Lipinski definition) is 6. The number of benzene rings is 1. The summed E-state index contributed by atoms with van der Waals surface area (Å²) in [5.41, 5.74) is 1.05. The van der Waals surface area contributed by atoms with Gasteiger partial charge in [0, 0.05) is 36.8 Å². The van der Waals surface area contributed by atoms with Gasteiger partial charge in [0.2, 0.25) is 5.95 Å². The number of nitrogens with zero attached hydrogens (tertiary/aromatic N) is 4. The molecule has 4 heterocycles. The number of pyridine rings is 1. The van der Waals surface area contributed by atoms with Crippen LogP contribution in [0, 0.1) is 5.82 Å². The predicted octanol–water partition coefficient (Wildman–Crippen LogP) is 3.31. The SMILES string of the molecule is Cn1c(N2CCO[C@@H](c3cc4ccccc4o3)C2)nc(-c2ccncc2F)cc1=O. The van der Waals surface area contributed by atoms with Gasteiger partial charge >= 0.3 is 0 Å². The number of aromatic nitrogens is 3. The maximum Gasteiger partial charge on any atom is 0.255 e. The lowest BCUT2D eigenvalue weighted by Gasteiger charge is -2.33. The summed E-state index contributed by atoms with van der Waals surface area (Å²) >= 11 is 0. The molecule has 7 nitrogen and oxygen atoms in total. The molecular formula is C22H19FN4O3. The zero-order chi connectivity index (χ0) is 20.7. The van der Waals surface area contributed by atoms with Crippen LogP contribution in [-0.4, -0.2) is 34.2 Å². The summed E-state index contributed by atoms with van der Waals surface area (Å²) in [6.07, 6.45) is 2.29. The van der Waals surface area contributed by atoms with Crippen LogP contribution in [0.2, 0.25) is 0 Å². The Bertz CT molecular complexity index is 1250. The van der Waals surface area contributed by atoms with Gasteiger partial charge in [-0.15, -0.1) is 0 Å². The van der Waals surface area contributed by atoms with Crippen LogP contribution in [0.3, 0.4) is 0 Å². The molecular weight excluding hydrogens is 387 g/mol. The lowest BCUT2D eigenvalue weighted by Crippen LogP contribution is -2.41. The molecule has 0 N–H and O–H groups in total. The van der Waals surface area contributed by atoms with E-state index in [1.165, 1.54) is 22.9 Å². The number of para-hydroxylation sites is 1. The highest BCUT2D eigenvalue weighted by atomic mass is 19.1. The summed E-state index contributed by atoms with van der Waals surface area (Å²) < 4.78 is 27.6. The number of morpholine rings is 1. The molecule has 152 valence electrons. The number of furan rings is 1. The van der Waals surface area contributed by atoms with Crippen LogP contribution in [0.4, 0.5) is 10.3 Å². The maximum absolute atomic E-state index is 14.2. The third kappa shape index (κ3) is 3.25. The van der Waals surface area contributed by atoms with Gasteiger partial charge in [0.25, 0.3) is 5.56 Å². The number of ether oxygens (including phenoxy) is 1. The van der Waals surface area contributed by atoms with Gasteiger partial charge in [-0.25, -0.2) is 9.37 Å². The Morgan fingerprint density at radius 1 is 1.20 bits per heavy atom. The average Bonchev–Trinajstić information content (AvgIpc) is 3.20. The van der Waals surface area contributed by atoms with Gasteiger partial charge in [0.05, 0.1) is 25.0 Å². The molecule has 0 aliphatic carbocycles. The van der Waals surface area contributed by atoms with Gasteiger partial charge in [-0.3, -0.25) is 14.3 Å². The molecule has 1 atom stereocenters. The molecule has 0 amide bonds. The van der Waals surface area contributed by atoms with Crippen molar-refractivity contribution in [3.63, 3.8) is 0 Å². The maximum atomic E-state index is 14.2. The van der Waals surface area contributed by atoms with Crippen molar-refractivity contribution in [2.75, 3.05) is 24.6 Å². The van der Waals surface area contributed by atoms with Crippen LogP contribution >= 0.6 is 0 Å². The van der Waals surface area contributed by atoms with Crippen molar-refractivity contribution < 1.29 is 13.5 Å². The van der Waals surface area contributed by atoms with E-state index in [4.69, 9.17) is 9.15 Å². The van der Waals surface area contributed by atoms with E-state index in [0.29, 0.717) is 25.6 Å². The van der Waals surface area contributed by atoms with E-state index in [1.807, 2.05) is 35.2 Å². The molecule has 0 saturated carbocycles. The third-order valence-corrected chi connectivity index (χ3v) is 5.27. The molecule has 3 aromatic heterocycles. The van der Waals surface area contributed by atoms with Crippen molar-refractivity contribution >= 4 is 16.9 Å². The summed E-state index contributed by atoms with van der Waals surface area (Å²) in [5.74, 6) is 0.659. The quantitative estimate of drug-likeness (QED) is 0.520. The molecule has 1 saturated heterocycles. The van der Waals surface area contributed by atoms with Crippen molar-refractivity contribution in [2.24, 2.45) is 7.05 Å². The first-order valence-electron chi connectivity index (χ1n) is 9.63. The molecule has 8 heteroatoms. The van der Waals surface area contributed by atoms with Crippen LogP contribution in [0.15, 0.2) is 64.1 Å². The fourth-order valence-electron chi connectivity index (χ4n) is 3.70. The molecule has 30 heavy (non-hydrogen) atoms. The Morgan fingerprint density at radius 2 is 2.07 bits per heavy atom. The second-order valence-electron chi connectivity index (χ2n) is 7.19. The average molecular weight is 406 g/mol. The predicted molar refractivity (Wildman–Crippen MR) is 110 cm³/mol. The number of hydrogen-bond donors (Lipinski definition) is 0. The molecule has 4 aromatic rings. The minimum atomic E-state index is -0.522. The zero-order valence-corrected chi connectivity index (χ0v) is 16.3. The van der Waals surface area contributed by atoms with E-state index in [-0.39, 0.29) is 22.9 Å². The first-order valence-corrected chi connectivity index (χ1v) is 9.63. The number of fused-ring (bicyclic) bond motifs is 1. The molecule has 0 spiro atoms. The Kier molecular flexibility index (Phi) is 4.55. The smallest absolute Gasteiger partial charge is 0.255 e. The van der Waals surface area contributed by atoms with Crippen LogP contribution in [0.25, 0.3) is 22.2 Å². The molecule has 0 unspecified atom stereocenters. The zero-order valence-electron chi connectivity index (χ0n) is 16.3. The second kappa shape index (κ2) is 7.38. The lowest BCUT2D eigenvalue weighted by atomic mass is 10.2. The van der Waals surface area contributed by atoms with Crippen molar-refractivity contribution in [3.05, 3.63) is 76.8 Å². The standard InChI is InChI=1S/C22H19FN4O3/c1-26-21(28)11-17(15-6-7-24-12-16(15)23)25-22(26)27-8-9-29-20(13-27)19-10-14-4-2-3-5-18(14)30-19/h2-7,10-12,20H,8-9,13H2,1H3/t20-/m1/s1. The summed E-state index contributed by atoms with van der Waals surface area (Å²) in [4.78, 5) is 22.9. The normalized spacial score (nSPS) is 16.9. The minimum Gasteiger partial charge on any atom is -0.458 e. The van der Waals surface area contributed by atoms with E-state index in [2.05, 4.69) is 9.97 Å². The molecule has 1 aliphatic rings. The van der Waals surface area contributed by atoms with Crippen molar-refractivity contribution in [1.82, 2.24) is 14.5 Å². The molecule has 5 rings (SSSR count). The highest BCUT2D eigenvalue weighted by Crippen LogP contribution is 2.30. The van der Waals surface area contributed by atoms with E-state index < -0.39 is 5.82 Å². The molecule has 1 aromatic carbocycles. The lowest BCUT2D eigenvalue weighted by molar-refractivity contribution is 0.0260. The summed E-state index contributed by atoms with van der Waals surface area (Å²) in [6.45, 7) is 1.47. The van der Waals surface area contributed by atoms with Gasteiger partial charge in [-0.2, -0.15) is 0 Å². The van der Waals surface area contributed by atoms with Crippen LogP contribution in [0.1, 0.15) is 11.9 Å². The van der Waals surface area contributed by atoms with E-state index >= 15 is 0 Å². The van der Waals surface area contributed by atoms with Crippen molar-refractivity contribution in [2.45, 2.75) is 6.10 Å². The van der Waals surface area contributed by atoms with Gasteiger partial charge in [0.15, 0.2) is 5.82 Å².